The second-order valence-electron chi connectivity index (χ2n) is 5.49. The van der Waals surface area contributed by atoms with Gasteiger partial charge in [0.25, 0.3) is 0 Å². The normalized spacial score (nSPS) is 24.2. The third-order valence-electron chi connectivity index (χ3n) is 3.67. The summed E-state index contributed by atoms with van der Waals surface area (Å²) in [6.07, 6.45) is 0.806. The van der Waals surface area contributed by atoms with Gasteiger partial charge in [-0.05, 0) is 43.5 Å². The van der Waals surface area contributed by atoms with Crippen molar-refractivity contribution in [1.82, 2.24) is 10.6 Å². The van der Waals surface area contributed by atoms with Crippen LogP contribution in [-0.2, 0) is 11.2 Å². The molecule has 104 valence electrons. The van der Waals surface area contributed by atoms with E-state index in [-0.39, 0.29) is 17.9 Å². The Morgan fingerprint density at radius 3 is 2.95 bits per heavy atom. The monoisotopic (exact) mass is 280 g/mol. The molecule has 1 saturated heterocycles. The third kappa shape index (κ3) is 3.95. The standard InChI is InChI=1S/C15H21ClN2O/c1-10-8-17-9-14(10)15(19)18-11(2)6-12-4-3-5-13(16)7-12/h3-5,7,10-11,14,17H,6,8-9H2,1-2H3,(H,18,19). The zero-order valence-corrected chi connectivity index (χ0v) is 12.2. The first-order valence-corrected chi connectivity index (χ1v) is 7.19. The summed E-state index contributed by atoms with van der Waals surface area (Å²) < 4.78 is 0. The fourth-order valence-electron chi connectivity index (χ4n) is 2.58. The van der Waals surface area contributed by atoms with Crippen LogP contribution < -0.4 is 10.6 Å². The number of hydrogen-bond donors (Lipinski definition) is 2. The number of carbonyl (C=O) groups is 1. The molecule has 1 aromatic rings. The summed E-state index contributed by atoms with van der Waals surface area (Å²) in [5.41, 5.74) is 1.15. The van der Waals surface area contributed by atoms with Crippen LogP contribution in [0.25, 0.3) is 0 Å². The SMILES string of the molecule is CC(Cc1cccc(Cl)c1)NC(=O)C1CNCC1C. The molecule has 0 aliphatic carbocycles. The molecule has 0 aromatic heterocycles. The van der Waals surface area contributed by atoms with Gasteiger partial charge in [0.15, 0.2) is 0 Å². The Balaban J connectivity index is 1.87. The lowest BCUT2D eigenvalue weighted by molar-refractivity contribution is -0.126. The van der Waals surface area contributed by atoms with E-state index in [9.17, 15) is 4.79 Å². The van der Waals surface area contributed by atoms with Crippen molar-refractivity contribution in [2.24, 2.45) is 11.8 Å². The van der Waals surface area contributed by atoms with Gasteiger partial charge in [-0.3, -0.25) is 4.79 Å². The van der Waals surface area contributed by atoms with Gasteiger partial charge in [0.05, 0.1) is 5.92 Å². The zero-order chi connectivity index (χ0) is 13.8. The molecular formula is C15H21ClN2O. The maximum Gasteiger partial charge on any atom is 0.224 e. The molecule has 3 nitrogen and oxygen atoms in total. The number of carbonyl (C=O) groups excluding carboxylic acids is 1. The highest BCUT2D eigenvalue weighted by Gasteiger charge is 2.29. The number of rotatable bonds is 4. The molecular weight excluding hydrogens is 260 g/mol. The van der Waals surface area contributed by atoms with Crippen molar-refractivity contribution in [3.63, 3.8) is 0 Å². The van der Waals surface area contributed by atoms with Crippen LogP contribution in [0.4, 0.5) is 0 Å². The highest BCUT2D eigenvalue weighted by molar-refractivity contribution is 6.30. The predicted octanol–water partition coefficient (Wildman–Crippen LogP) is 2.24. The van der Waals surface area contributed by atoms with Crippen molar-refractivity contribution in [3.8, 4) is 0 Å². The van der Waals surface area contributed by atoms with Gasteiger partial charge in [0, 0.05) is 17.6 Å². The molecule has 19 heavy (non-hydrogen) atoms. The lowest BCUT2D eigenvalue weighted by Crippen LogP contribution is -2.40. The average Bonchev–Trinajstić information content (AvgIpc) is 2.75. The van der Waals surface area contributed by atoms with Gasteiger partial charge in [0.1, 0.15) is 0 Å². The number of nitrogens with one attached hydrogen (secondary N) is 2. The second kappa shape index (κ2) is 6.40. The molecule has 1 aliphatic heterocycles. The summed E-state index contributed by atoms with van der Waals surface area (Å²) in [4.78, 5) is 12.1. The largest absolute Gasteiger partial charge is 0.353 e. The van der Waals surface area contributed by atoms with E-state index in [0.717, 1.165) is 30.1 Å². The Hall–Kier alpha value is -1.06. The van der Waals surface area contributed by atoms with Crippen molar-refractivity contribution < 1.29 is 4.79 Å². The number of halogens is 1. The molecule has 2 N–H and O–H groups in total. The van der Waals surface area contributed by atoms with Crippen molar-refractivity contribution in [3.05, 3.63) is 34.9 Å². The minimum atomic E-state index is 0.0989. The Labute approximate surface area is 119 Å². The van der Waals surface area contributed by atoms with Crippen molar-refractivity contribution >= 4 is 17.5 Å². The van der Waals surface area contributed by atoms with Crippen LogP contribution in [0.3, 0.4) is 0 Å². The van der Waals surface area contributed by atoms with E-state index in [2.05, 4.69) is 17.6 Å². The molecule has 2 rings (SSSR count). The molecule has 0 spiro atoms. The number of amides is 1. The van der Waals surface area contributed by atoms with Crippen LogP contribution in [0.5, 0.6) is 0 Å². The van der Waals surface area contributed by atoms with Crippen molar-refractivity contribution in [2.75, 3.05) is 13.1 Å². The fourth-order valence-corrected chi connectivity index (χ4v) is 2.79. The van der Waals surface area contributed by atoms with Gasteiger partial charge in [-0.15, -0.1) is 0 Å². The van der Waals surface area contributed by atoms with Crippen molar-refractivity contribution in [2.45, 2.75) is 26.3 Å². The van der Waals surface area contributed by atoms with E-state index in [4.69, 9.17) is 11.6 Å². The second-order valence-corrected chi connectivity index (χ2v) is 5.92. The first-order valence-electron chi connectivity index (χ1n) is 6.82. The van der Waals surface area contributed by atoms with Crippen LogP contribution in [0, 0.1) is 11.8 Å². The minimum Gasteiger partial charge on any atom is -0.353 e. The molecule has 1 heterocycles. The van der Waals surface area contributed by atoms with Gasteiger partial charge >= 0.3 is 0 Å². The molecule has 1 amide bonds. The Bertz CT molecular complexity index is 450. The summed E-state index contributed by atoms with van der Waals surface area (Å²) in [7, 11) is 0. The smallest absolute Gasteiger partial charge is 0.224 e. The van der Waals surface area contributed by atoms with E-state index in [1.54, 1.807) is 0 Å². The predicted molar refractivity (Wildman–Crippen MR) is 78.3 cm³/mol. The molecule has 0 bridgehead atoms. The van der Waals surface area contributed by atoms with Gasteiger partial charge in [-0.1, -0.05) is 30.7 Å². The molecule has 0 radical (unpaired) electrons. The fraction of sp³-hybridized carbons (Fsp3) is 0.533. The van der Waals surface area contributed by atoms with E-state index in [1.807, 2.05) is 31.2 Å². The summed E-state index contributed by atoms with van der Waals surface area (Å²) in [6, 6.07) is 7.91. The molecule has 0 saturated carbocycles. The highest BCUT2D eigenvalue weighted by Crippen LogP contribution is 2.17. The Kier molecular flexibility index (Phi) is 4.83. The maximum atomic E-state index is 12.1. The summed E-state index contributed by atoms with van der Waals surface area (Å²) >= 11 is 5.96. The molecule has 1 aliphatic rings. The summed E-state index contributed by atoms with van der Waals surface area (Å²) in [5, 5.41) is 7.09. The van der Waals surface area contributed by atoms with Crippen molar-refractivity contribution in [1.29, 1.82) is 0 Å². The van der Waals surface area contributed by atoms with Crippen LogP contribution in [0.1, 0.15) is 19.4 Å². The molecule has 4 heteroatoms. The van der Waals surface area contributed by atoms with Gasteiger partial charge in [-0.25, -0.2) is 0 Å². The van der Waals surface area contributed by atoms with E-state index >= 15 is 0 Å². The number of benzene rings is 1. The van der Waals surface area contributed by atoms with E-state index in [0.29, 0.717) is 5.92 Å². The molecule has 1 aromatic carbocycles. The molecule has 1 fully saturated rings. The van der Waals surface area contributed by atoms with Crippen LogP contribution >= 0.6 is 11.6 Å². The molecule has 3 unspecified atom stereocenters. The Morgan fingerprint density at radius 2 is 2.32 bits per heavy atom. The first-order chi connectivity index (χ1) is 9.06. The van der Waals surface area contributed by atoms with Gasteiger partial charge in [0.2, 0.25) is 5.91 Å². The quantitative estimate of drug-likeness (QED) is 0.888. The Morgan fingerprint density at radius 1 is 1.53 bits per heavy atom. The van der Waals surface area contributed by atoms with Gasteiger partial charge in [-0.2, -0.15) is 0 Å². The summed E-state index contributed by atoms with van der Waals surface area (Å²) in [5.74, 6) is 0.673. The average molecular weight is 281 g/mol. The third-order valence-corrected chi connectivity index (χ3v) is 3.91. The van der Waals surface area contributed by atoms with E-state index < -0.39 is 0 Å². The van der Waals surface area contributed by atoms with Crippen LogP contribution in [0.15, 0.2) is 24.3 Å². The van der Waals surface area contributed by atoms with Crippen LogP contribution in [0.2, 0.25) is 5.02 Å². The van der Waals surface area contributed by atoms with Gasteiger partial charge < -0.3 is 10.6 Å². The highest BCUT2D eigenvalue weighted by atomic mass is 35.5. The maximum absolute atomic E-state index is 12.1. The lowest BCUT2D eigenvalue weighted by Gasteiger charge is -2.19. The molecule has 3 atom stereocenters. The number of hydrogen-bond acceptors (Lipinski definition) is 2. The zero-order valence-electron chi connectivity index (χ0n) is 11.4. The first kappa shape index (κ1) is 14.4. The topological polar surface area (TPSA) is 41.1 Å². The lowest BCUT2D eigenvalue weighted by atomic mass is 9.96. The van der Waals surface area contributed by atoms with E-state index in [1.165, 1.54) is 0 Å². The summed E-state index contributed by atoms with van der Waals surface area (Å²) in [6.45, 7) is 5.87. The minimum absolute atomic E-state index is 0.0989. The van der Waals surface area contributed by atoms with Crippen LogP contribution in [-0.4, -0.2) is 25.0 Å².